The van der Waals surface area contributed by atoms with Crippen LogP contribution in [0.4, 0.5) is 0 Å². The van der Waals surface area contributed by atoms with Gasteiger partial charge in [0.25, 0.3) is 0 Å². The van der Waals surface area contributed by atoms with Crippen LogP contribution in [0.1, 0.15) is 31.6 Å². The summed E-state index contributed by atoms with van der Waals surface area (Å²) in [6, 6.07) is 1.64. The van der Waals surface area contributed by atoms with Crippen LogP contribution in [-0.4, -0.2) is 29.3 Å². The number of nitrogens with one attached hydrogen (secondary N) is 1. The number of thiophene rings is 1. The van der Waals surface area contributed by atoms with Gasteiger partial charge in [-0.05, 0) is 34.3 Å². The Labute approximate surface area is 131 Å². The number of carbonyl (C=O) groups is 2. The lowest BCUT2D eigenvalue weighted by Crippen LogP contribution is -2.45. The van der Waals surface area contributed by atoms with Gasteiger partial charge in [-0.1, -0.05) is 13.8 Å². The van der Waals surface area contributed by atoms with Gasteiger partial charge in [0, 0.05) is 27.7 Å². The van der Waals surface area contributed by atoms with Crippen molar-refractivity contribution in [2.24, 2.45) is 5.92 Å². The first-order chi connectivity index (χ1) is 9.45. The van der Waals surface area contributed by atoms with Crippen molar-refractivity contribution in [1.29, 1.82) is 0 Å². The van der Waals surface area contributed by atoms with Crippen molar-refractivity contribution in [2.45, 2.75) is 39.3 Å². The molecule has 0 radical (unpaired) electrons. The average molecular weight is 359 g/mol. The Bertz CT molecular complexity index is 501. The Morgan fingerprint density at radius 3 is 2.85 bits per heavy atom. The zero-order valence-electron chi connectivity index (χ0n) is 11.7. The summed E-state index contributed by atoms with van der Waals surface area (Å²) < 4.78 is 1.03. The monoisotopic (exact) mass is 358 g/mol. The molecule has 110 valence electrons. The van der Waals surface area contributed by atoms with Crippen LogP contribution >= 0.6 is 27.3 Å². The van der Waals surface area contributed by atoms with E-state index in [-0.39, 0.29) is 17.9 Å². The van der Waals surface area contributed by atoms with Gasteiger partial charge >= 0.3 is 0 Å². The quantitative estimate of drug-likeness (QED) is 0.899. The number of halogens is 1. The first kappa shape index (κ1) is 15.5. The number of hydrogen-bond acceptors (Lipinski definition) is 3. The maximum absolute atomic E-state index is 12.5. The van der Waals surface area contributed by atoms with E-state index in [2.05, 4.69) is 35.1 Å². The minimum atomic E-state index is -0.381. The second-order valence-corrected chi connectivity index (χ2v) is 7.40. The molecule has 4 nitrogen and oxygen atoms in total. The Kier molecular flexibility index (Phi) is 5.21. The van der Waals surface area contributed by atoms with E-state index in [1.54, 1.807) is 16.2 Å². The van der Waals surface area contributed by atoms with Crippen molar-refractivity contribution in [3.05, 3.63) is 20.8 Å². The molecule has 1 aliphatic rings. The normalized spacial score (nSPS) is 20.2. The van der Waals surface area contributed by atoms with Crippen molar-refractivity contribution in [2.75, 3.05) is 6.54 Å². The van der Waals surface area contributed by atoms with Gasteiger partial charge < -0.3 is 10.2 Å². The third-order valence-electron chi connectivity index (χ3n) is 3.23. The summed E-state index contributed by atoms with van der Waals surface area (Å²) in [5, 5.41) is 4.85. The first-order valence-electron chi connectivity index (χ1n) is 6.76. The lowest BCUT2D eigenvalue weighted by Gasteiger charge is -2.24. The average Bonchev–Trinajstić information content (AvgIpc) is 2.72. The molecule has 2 amide bonds. The molecule has 1 aliphatic heterocycles. The largest absolute Gasteiger partial charge is 0.344 e. The molecule has 2 rings (SSSR count). The predicted molar refractivity (Wildman–Crippen MR) is 83.4 cm³/mol. The zero-order valence-corrected chi connectivity index (χ0v) is 14.1. The number of rotatable bonds is 4. The molecule has 1 aromatic rings. The number of carbonyl (C=O) groups excluding carboxylic acids is 2. The molecule has 0 aromatic carbocycles. The summed E-state index contributed by atoms with van der Waals surface area (Å²) in [5.41, 5.74) is 0. The molecule has 1 saturated heterocycles. The predicted octanol–water partition coefficient (Wildman–Crippen LogP) is 2.77. The number of amides is 2. The lowest BCUT2D eigenvalue weighted by molar-refractivity contribution is -0.134. The van der Waals surface area contributed by atoms with Crippen LogP contribution < -0.4 is 5.32 Å². The fourth-order valence-electron chi connectivity index (χ4n) is 2.31. The van der Waals surface area contributed by atoms with Crippen molar-refractivity contribution in [3.63, 3.8) is 0 Å². The Hall–Kier alpha value is -0.880. The molecule has 0 aliphatic carbocycles. The second kappa shape index (κ2) is 6.72. The van der Waals surface area contributed by atoms with E-state index >= 15 is 0 Å². The van der Waals surface area contributed by atoms with Crippen LogP contribution in [-0.2, 0) is 16.1 Å². The maximum Gasteiger partial charge on any atom is 0.245 e. The fourth-order valence-corrected chi connectivity index (χ4v) is 3.77. The number of hydrogen-bond donors (Lipinski definition) is 1. The van der Waals surface area contributed by atoms with E-state index < -0.39 is 0 Å². The highest BCUT2D eigenvalue weighted by Gasteiger charge is 2.30. The fraction of sp³-hybridized carbons (Fsp3) is 0.571. The van der Waals surface area contributed by atoms with Gasteiger partial charge in [0.15, 0.2) is 0 Å². The van der Waals surface area contributed by atoms with Crippen molar-refractivity contribution >= 4 is 39.1 Å². The standard InChI is InChI=1S/C14H19BrN2O2S/c1-9(2)5-12-14(19)17(4-3-13(18)16-12)7-11-6-10(15)8-20-11/h6,8-9,12H,3-5,7H2,1-2H3,(H,16,18). The van der Waals surface area contributed by atoms with E-state index in [9.17, 15) is 9.59 Å². The highest BCUT2D eigenvalue weighted by Crippen LogP contribution is 2.22. The molecule has 20 heavy (non-hydrogen) atoms. The summed E-state index contributed by atoms with van der Waals surface area (Å²) >= 11 is 5.04. The molecule has 6 heteroatoms. The summed E-state index contributed by atoms with van der Waals surface area (Å²) in [4.78, 5) is 27.2. The molecule has 0 spiro atoms. The number of nitrogens with zero attached hydrogens (tertiary/aromatic N) is 1. The highest BCUT2D eigenvalue weighted by molar-refractivity contribution is 9.10. The topological polar surface area (TPSA) is 49.4 Å². The third kappa shape index (κ3) is 4.06. The van der Waals surface area contributed by atoms with E-state index in [1.165, 1.54) is 0 Å². The lowest BCUT2D eigenvalue weighted by atomic mass is 10.0. The molecule has 2 heterocycles. The minimum absolute atomic E-state index is 0.0288. The van der Waals surface area contributed by atoms with Crippen LogP contribution in [0.2, 0.25) is 0 Å². The molecule has 0 bridgehead atoms. The Morgan fingerprint density at radius 1 is 1.50 bits per heavy atom. The molecule has 1 atom stereocenters. The van der Waals surface area contributed by atoms with Gasteiger partial charge in [0.05, 0.1) is 6.54 Å². The van der Waals surface area contributed by atoms with E-state index in [0.717, 1.165) is 9.35 Å². The van der Waals surface area contributed by atoms with Crippen LogP contribution in [0.25, 0.3) is 0 Å². The van der Waals surface area contributed by atoms with E-state index in [4.69, 9.17) is 0 Å². The van der Waals surface area contributed by atoms with Crippen LogP contribution in [0, 0.1) is 5.92 Å². The van der Waals surface area contributed by atoms with Crippen LogP contribution in [0.15, 0.2) is 15.9 Å². The summed E-state index contributed by atoms with van der Waals surface area (Å²) in [7, 11) is 0. The Morgan fingerprint density at radius 2 is 2.25 bits per heavy atom. The molecular weight excluding hydrogens is 340 g/mol. The SMILES string of the molecule is CC(C)CC1NC(=O)CCN(Cc2cc(Br)cs2)C1=O. The molecule has 1 fully saturated rings. The smallest absolute Gasteiger partial charge is 0.245 e. The zero-order chi connectivity index (χ0) is 14.7. The Balaban J connectivity index is 2.10. The summed E-state index contributed by atoms with van der Waals surface area (Å²) in [5.74, 6) is 0.382. The summed E-state index contributed by atoms with van der Waals surface area (Å²) in [6.07, 6.45) is 1.07. The van der Waals surface area contributed by atoms with Crippen LogP contribution in [0.5, 0.6) is 0 Å². The van der Waals surface area contributed by atoms with Gasteiger partial charge in [-0.2, -0.15) is 0 Å². The van der Waals surface area contributed by atoms with Crippen molar-refractivity contribution < 1.29 is 9.59 Å². The van der Waals surface area contributed by atoms with Crippen LogP contribution in [0.3, 0.4) is 0 Å². The molecule has 1 N–H and O–H groups in total. The maximum atomic E-state index is 12.5. The van der Waals surface area contributed by atoms with Crippen molar-refractivity contribution in [1.82, 2.24) is 10.2 Å². The van der Waals surface area contributed by atoms with E-state index in [0.29, 0.717) is 31.8 Å². The van der Waals surface area contributed by atoms with Gasteiger partial charge in [-0.3, -0.25) is 9.59 Å². The van der Waals surface area contributed by atoms with Gasteiger partial charge in [0.2, 0.25) is 11.8 Å². The molecule has 0 saturated carbocycles. The summed E-state index contributed by atoms with van der Waals surface area (Å²) in [6.45, 7) is 5.20. The van der Waals surface area contributed by atoms with Crippen molar-refractivity contribution in [3.8, 4) is 0 Å². The third-order valence-corrected chi connectivity index (χ3v) is 4.91. The minimum Gasteiger partial charge on any atom is -0.344 e. The molecular formula is C14H19BrN2O2S. The first-order valence-corrected chi connectivity index (χ1v) is 8.44. The second-order valence-electron chi connectivity index (χ2n) is 5.49. The van der Waals surface area contributed by atoms with Gasteiger partial charge in [0.1, 0.15) is 6.04 Å². The molecule has 1 aromatic heterocycles. The molecule has 1 unspecified atom stereocenters. The van der Waals surface area contributed by atoms with E-state index in [1.807, 2.05) is 11.4 Å². The van der Waals surface area contributed by atoms with Gasteiger partial charge in [-0.15, -0.1) is 11.3 Å². The highest BCUT2D eigenvalue weighted by atomic mass is 79.9. The van der Waals surface area contributed by atoms with Gasteiger partial charge in [-0.25, -0.2) is 0 Å².